The van der Waals surface area contributed by atoms with Crippen LogP contribution in [-0.4, -0.2) is 9.71 Å². The second-order valence-corrected chi connectivity index (χ2v) is 3.86. The quantitative estimate of drug-likeness (QED) is 0.465. The van der Waals surface area contributed by atoms with Crippen molar-refractivity contribution >= 4 is 28.4 Å². The summed E-state index contributed by atoms with van der Waals surface area (Å²) in [6.45, 7) is 2.02. The molecule has 50 valence electrons. The third-order valence-corrected chi connectivity index (χ3v) is 3.13. The van der Waals surface area contributed by atoms with Gasteiger partial charge >= 0.3 is 0 Å². The fourth-order valence-electron chi connectivity index (χ4n) is 0.913. The molecule has 0 bridgehead atoms. The van der Waals surface area contributed by atoms with Gasteiger partial charge in [-0.2, -0.15) is 0 Å². The van der Waals surface area contributed by atoms with Crippen LogP contribution in [0.3, 0.4) is 0 Å². The normalized spacial score (nSPS) is 28.0. The molecular formula is C7H9IO. The van der Waals surface area contributed by atoms with E-state index >= 15 is 0 Å². The first kappa shape index (κ1) is 7.25. The van der Waals surface area contributed by atoms with Crippen molar-refractivity contribution in [1.82, 2.24) is 0 Å². The van der Waals surface area contributed by atoms with Gasteiger partial charge in [-0.15, -0.1) is 0 Å². The van der Waals surface area contributed by atoms with E-state index in [2.05, 4.69) is 22.6 Å². The van der Waals surface area contributed by atoms with Crippen LogP contribution in [0.4, 0.5) is 0 Å². The van der Waals surface area contributed by atoms with Crippen LogP contribution in [0.5, 0.6) is 0 Å². The summed E-state index contributed by atoms with van der Waals surface area (Å²) in [7, 11) is 0. The van der Waals surface area contributed by atoms with Crippen molar-refractivity contribution in [2.75, 3.05) is 0 Å². The Bertz CT molecular complexity index is 160. The minimum atomic E-state index is 0.292. The average Bonchev–Trinajstić information content (AvgIpc) is 1.80. The van der Waals surface area contributed by atoms with E-state index in [9.17, 15) is 4.79 Å². The number of rotatable bonds is 0. The van der Waals surface area contributed by atoms with Crippen molar-refractivity contribution in [2.24, 2.45) is 0 Å². The summed E-state index contributed by atoms with van der Waals surface area (Å²) in [6.07, 6.45) is 3.54. The topological polar surface area (TPSA) is 17.1 Å². The molecule has 0 radical (unpaired) electrons. The predicted molar refractivity (Wildman–Crippen MR) is 45.8 cm³/mol. The zero-order chi connectivity index (χ0) is 6.85. The van der Waals surface area contributed by atoms with E-state index in [1.807, 2.05) is 6.92 Å². The molecule has 1 nitrogen and oxygen atoms in total. The zero-order valence-corrected chi connectivity index (χ0v) is 7.51. The van der Waals surface area contributed by atoms with Gasteiger partial charge in [-0.05, 0) is 19.4 Å². The molecule has 0 amide bonds. The lowest BCUT2D eigenvalue weighted by molar-refractivity contribution is -0.114. The smallest absolute Gasteiger partial charge is 0.155 e. The first-order valence-corrected chi connectivity index (χ1v) is 4.30. The highest BCUT2D eigenvalue weighted by Gasteiger charge is 2.14. The molecule has 1 unspecified atom stereocenters. The van der Waals surface area contributed by atoms with Gasteiger partial charge in [0.2, 0.25) is 0 Å². The van der Waals surface area contributed by atoms with E-state index in [-0.39, 0.29) is 0 Å². The van der Waals surface area contributed by atoms with Gasteiger partial charge in [-0.1, -0.05) is 28.2 Å². The zero-order valence-electron chi connectivity index (χ0n) is 5.36. The summed E-state index contributed by atoms with van der Waals surface area (Å²) in [6, 6.07) is 0. The number of carbonyl (C=O) groups excluding carboxylic acids is 1. The van der Waals surface area contributed by atoms with Gasteiger partial charge in [0.25, 0.3) is 0 Å². The summed E-state index contributed by atoms with van der Waals surface area (Å²) in [5.74, 6) is 0.292. The van der Waals surface area contributed by atoms with Gasteiger partial charge in [0.05, 0.1) is 0 Å². The van der Waals surface area contributed by atoms with E-state index in [0.717, 1.165) is 12.8 Å². The molecule has 1 rings (SSSR count). The van der Waals surface area contributed by atoms with Crippen LogP contribution in [-0.2, 0) is 4.79 Å². The largest absolute Gasteiger partial charge is 0.295 e. The van der Waals surface area contributed by atoms with Gasteiger partial charge in [0, 0.05) is 10.3 Å². The fourth-order valence-corrected chi connectivity index (χ4v) is 1.40. The lowest BCUT2D eigenvalue weighted by Crippen LogP contribution is -2.10. The third-order valence-electron chi connectivity index (χ3n) is 1.53. The molecule has 2 heteroatoms. The third kappa shape index (κ3) is 1.78. The van der Waals surface area contributed by atoms with Crippen LogP contribution in [0, 0.1) is 0 Å². The maximum Gasteiger partial charge on any atom is 0.155 e. The SMILES string of the molecule is CC1=CC(=O)CCC1I. The average molecular weight is 236 g/mol. The monoisotopic (exact) mass is 236 g/mol. The van der Waals surface area contributed by atoms with E-state index in [0.29, 0.717) is 9.71 Å². The minimum absolute atomic E-state index is 0.292. The standard InChI is InChI=1S/C7H9IO/c1-5-4-6(9)2-3-7(5)8/h4,7H,2-3H2,1H3. The van der Waals surface area contributed by atoms with Crippen LogP contribution < -0.4 is 0 Å². The molecule has 9 heavy (non-hydrogen) atoms. The number of hydrogen-bond donors (Lipinski definition) is 0. The maximum absolute atomic E-state index is 10.7. The fraction of sp³-hybridized carbons (Fsp3) is 0.571. The van der Waals surface area contributed by atoms with Gasteiger partial charge < -0.3 is 0 Å². The van der Waals surface area contributed by atoms with Gasteiger partial charge in [-0.3, -0.25) is 4.79 Å². The Hall–Kier alpha value is 0.140. The highest BCUT2D eigenvalue weighted by atomic mass is 127. The number of allylic oxidation sites excluding steroid dienone is 2. The lowest BCUT2D eigenvalue weighted by atomic mass is 10.0. The van der Waals surface area contributed by atoms with Crippen molar-refractivity contribution in [3.05, 3.63) is 11.6 Å². The molecule has 1 aliphatic rings. The Morgan fingerprint density at radius 2 is 2.44 bits per heavy atom. The van der Waals surface area contributed by atoms with Crippen molar-refractivity contribution in [3.8, 4) is 0 Å². The molecule has 1 aliphatic carbocycles. The van der Waals surface area contributed by atoms with Crippen molar-refractivity contribution in [2.45, 2.75) is 23.7 Å². The van der Waals surface area contributed by atoms with E-state index in [1.54, 1.807) is 6.08 Å². The van der Waals surface area contributed by atoms with Crippen molar-refractivity contribution < 1.29 is 4.79 Å². The summed E-state index contributed by atoms with van der Waals surface area (Å²) < 4.78 is 0.597. The van der Waals surface area contributed by atoms with E-state index in [4.69, 9.17) is 0 Å². The van der Waals surface area contributed by atoms with Crippen LogP contribution in [0.15, 0.2) is 11.6 Å². The second-order valence-electron chi connectivity index (χ2n) is 2.36. The molecule has 0 saturated heterocycles. The van der Waals surface area contributed by atoms with Crippen LogP contribution in [0.1, 0.15) is 19.8 Å². The maximum atomic E-state index is 10.7. The van der Waals surface area contributed by atoms with Crippen LogP contribution in [0.2, 0.25) is 0 Å². The van der Waals surface area contributed by atoms with Crippen LogP contribution >= 0.6 is 22.6 Å². The van der Waals surface area contributed by atoms with E-state index < -0.39 is 0 Å². The number of hydrogen-bond acceptors (Lipinski definition) is 1. The number of carbonyl (C=O) groups is 1. The highest BCUT2D eigenvalue weighted by Crippen LogP contribution is 2.22. The van der Waals surface area contributed by atoms with Crippen LogP contribution in [0.25, 0.3) is 0 Å². The Balaban J connectivity index is 2.72. The Morgan fingerprint density at radius 1 is 1.78 bits per heavy atom. The molecule has 0 fully saturated rings. The molecule has 0 saturated carbocycles. The molecule has 1 atom stereocenters. The summed E-state index contributed by atoms with van der Waals surface area (Å²) >= 11 is 2.37. The van der Waals surface area contributed by atoms with Gasteiger partial charge in [0.15, 0.2) is 5.78 Å². The minimum Gasteiger partial charge on any atom is -0.295 e. The Kier molecular flexibility index (Phi) is 2.27. The second kappa shape index (κ2) is 2.82. The molecule has 0 aromatic carbocycles. The number of halogens is 1. The summed E-state index contributed by atoms with van der Waals surface area (Å²) in [4.78, 5) is 10.7. The number of alkyl halides is 1. The highest BCUT2D eigenvalue weighted by molar-refractivity contribution is 14.1. The molecule has 0 aromatic rings. The summed E-state index contributed by atoms with van der Waals surface area (Å²) in [5, 5.41) is 0. The van der Waals surface area contributed by atoms with E-state index in [1.165, 1.54) is 5.57 Å². The molecule has 0 aromatic heterocycles. The lowest BCUT2D eigenvalue weighted by Gasteiger charge is -2.13. The predicted octanol–water partition coefficient (Wildman–Crippen LogP) is 2.10. The van der Waals surface area contributed by atoms with Gasteiger partial charge in [0.1, 0.15) is 0 Å². The Labute approximate surface area is 68.7 Å². The van der Waals surface area contributed by atoms with Crippen molar-refractivity contribution in [1.29, 1.82) is 0 Å². The first-order chi connectivity index (χ1) is 4.20. The molecule has 0 N–H and O–H groups in total. The Morgan fingerprint density at radius 3 is 2.89 bits per heavy atom. The van der Waals surface area contributed by atoms with Gasteiger partial charge in [-0.25, -0.2) is 0 Å². The first-order valence-electron chi connectivity index (χ1n) is 3.05. The molecule has 0 aliphatic heterocycles. The molecular weight excluding hydrogens is 227 g/mol. The molecule has 0 heterocycles. The molecule has 0 spiro atoms. The number of ketones is 1. The summed E-state index contributed by atoms with van der Waals surface area (Å²) in [5.41, 5.74) is 1.23. The van der Waals surface area contributed by atoms with Crippen molar-refractivity contribution in [3.63, 3.8) is 0 Å².